The van der Waals surface area contributed by atoms with Crippen LogP contribution in [0.3, 0.4) is 0 Å². The Kier molecular flexibility index (Phi) is 3.36. The van der Waals surface area contributed by atoms with E-state index >= 15 is 0 Å². The zero-order valence-electron chi connectivity index (χ0n) is 9.88. The van der Waals surface area contributed by atoms with Crippen LogP contribution in [0.1, 0.15) is 25.7 Å². The molecule has 0 bridgehead atoms. The monoisotopic (exact) mass is 185 g/mol. The standard InChI is InChI=1S/C11H25N2/c1-12(2)10-8-6-7-9-11(10)13(3,4)5/h10-11H,6-9H2,1-5H3/q+1. The van der Waals surface area contributed by atoms with Crippen molar-refractivity contribution >= 4 is 0 Å². The maximum atomic E-state index is 2.41. The van der Waals surface area contributed by atoms with Crippen LogP contribution in [-0.4, -0.2) is 56.7 Å². The summed E-state index contributed by atoms with van der Waals surface area (Å²) in [6, 6.07) is 1.61. The van der Waals surface area contributed by atoms with Crippen LogP contribution >= 0.6 is 0 Å². The van der Waals surface area contributed by atoms with Crippen molar-refractivity contribution in [3.63, 3.8) is 0 Å². The molecule has 2 atom stereocenters. The number of nitrogens with zero attached hydrogens (tertiary/aromatic N) is 2. The van der Waals surface area contributed by atoms with Crippen LogP contribution in [0.5, 0.6) is 0 Å². The molecule has 1 aliphatic carbocycles. The molecule has 0 N–H and O–H groups in total. The topological polar surface area (TPSA) is 3.24 Å². The third kappa shape index (κ3) is 2.68. The first-order valence-corrected chi connectivity index (χ1v) is 5.40. The molecule has 1 rings (SSSR count). The van der Waals surface area contributed by atoms with E-state index in [-0.39, 0.29) is 0 Å². The van der Waals surface area contributed by atoms with E-state index in [1.165, 1.54) is 25.7 Å². The molecule has 0 aromatic carbocycles. The molecule has 0 spiro atoms. The highest BCUT2D eigenvalue weighted by atomic mass is 15.3. The third-order valence-electron chi connectivity index (χ3n) is 3.35. The van der Waals surface area contributed by atoms with Gasteiger partial charge in [0.05, 0.1) is 27.2 Å². The molecule has 0 aromatic heterocycles. The van der Waals surface area contributed by atoms with Gasteiger partial charge in [0.15, 0.2) is 0 Å². The van der Waals surface area contributed by atoms with E-state index in [1.807, 2.05) is 0 Å². The summed E-state index contributed by atoms with van der Waals surface area (Å²) >= 11 is 0. The second-order valence-electron chi connectivity index (χ2n) is 5.50. The number of quaternary nitrogens is 1. The van der Waals surface area contributed by atoms with Gasteiger partial charge in [-0.3, -0.25) is 0 Å². The van der Waals surface area contributed by atoms with Gasteiger partial charge in [-0.15, -0.1) is 0 Å². The summed E-state index contributed by atoms with van der Waals surface area (Å²) in [4.78, 5) is 2.41. The predicted octanol–water partition coefficient (Wildman–Crippen LogP) is 1.57. The van der Waals surface area contributed by atoms with Gasteiger partial charge in [-0.1, -0.05) is 6.42 Å². The van der Waals surface area contributed by atoms with Crippen molar-refractivity contribution in [2.75, 3.05) is 35.2 Å². The van der Waals surface area contributed by atoms with Crippen LogP contribution in [0.2, 0.25) is 0 Å². The minimum absolute atomic E-state index is 0.786. The van der Waals surface area contributed by atoms with Crippen LogP contribution in [0.15, 0.2) is 0 Å². The average molecular weight is 185 g/mol. The Balaban J connectivity index is 2.67. The summed E-state index contributed by atoms with van der Waals surface area (Å²) in [6.45, 7) is 0. The molecule has 2 unspecified atom stereocenters. The Labute approximate surface area is 83.1 Å². The molecule has 1 aliphatic rings. The highest BCUT2D eigenvalue weighted by Gasteiger charge is 2.35. The normalized spacial score (nSPS) is 30.9. The molecule has 78 valence electrons. The summed E-state index contributed by atoms with van der Waals surface area (Å²) in [7, 11) is 11.4. The van der Waals surface area contributed by atoms with Gasteiger partial charge in [-0.25, -0.2) is 0 Å². The molecule has 0 aliphatic heterocycles. The van der Waals surface area contributed by atoms with Crippen LogP contribution in [0.25, 0.3) is 0 Å². The number of rotatable bonds is 2. The second-order valence-corrected chi connectivity index (χ2v) is 5.50. The third-order valence-corrected chi connectivity index (χ3v) is 3.35. The van der Waals surface area contributed by atoms with E-state index in [0.29, 0.717) is 0 Å². The number of likely N-dealkylation sites (N-methyl/N-ethyl adjacent to an activating group) is 2. The molecule has 0 saturated heterocycles. The maximum Gasteiger partial charge on any atom is 0.104 e. The predicted molar refractivity (Wildman–Crippen MR) is 57.8 cm³/mol. The van der Waals surface area contributed by atoms with Gasteiger partial charge < -0.3 is 9.38 Å². The van der Waals surface area contributed by atoms with E-state index in [2.05, 4.69) is 40.1 Å². The lowest BCUT2D eigenvalue weighted by Crippen LogP contribution is -2.57. The maximum absolute atomic E-state index is 2.41. The van der Waals surface area contributed by atoms with Gasteiger partial charge in [0.2, 0.25) is 0 Å². The quantitative estimate of drug-likeness (QED) is 0.590. The molecule has 2 heteroatoms. The highest BCUT2D eigenvalue weighted by molar-refractivity contribution is 4.81. The first-order chi connectivity index (χ1) is 5.93. The largest absolute Gasteiger partial charge is 0.327 e. The molecule has 2 nitrogen and oxygen atoms in total. The van der Waals surface area contributed by atoms with E-state index < -0.39 is 0 Å². The van der Waals surface area contributed by atoms with Crippen molar-refractivity contribution in [3.8, 4) is 0 Å². The lowest BCUT2D eigenvalue weighted by Gasteiger charge is -2.44. The lowest BCUT2D eigenvalue weighted by molar-refractivity contribution is -0.899. The van der Waals surface area contributed by atoms with Gasteiger partial charge in [0.1, 0.15) is 6.04 Å². The van der Waals surface area contributed by atoms with Gasteiger partial charge >= 0.3 is 0 Å². The van der Waals surface area contributed by atoms with E-state index in [4.69, 9.17) is 0 Å². The molecule has 0 radical (unpaired) electrons. The minimum Gasteiger partial charge on any atom is -0.327 e. The van der Waals surface area contributed by atoms with Gasteiger partial charge in [0.25, 0.3) is 0 Å². The molecular weight excluding hydrogens is 160 g/mol. The second kappa shape index (κ2) is 3.97. The van der Waals surface area contributed by atoms with Gasteiger partial charge in [-0.05, 0) is 26.9 Å². The van der Waals surface area contributed by atoms with E-state index in [9.17, 15) is 0 Å². The SMILES string of the molecule is CN(C)C1CCCCC1[N+](C)(C)C. The Morgan fingerprint density at radius 1 is 1.00 bits per heavy atom. The zero-order valence-corrected chi connectivity index (χ0v) is 9.88. The van der Waals surface area contributed by atoms with Crippen molar-refractivity contribution in [1.82, 2.24) is 4.90 Å². The van der Waals surface area contributed by atoms with Gasteiger partial charge in [-0.2, -0.15) is 0 Å². The molecule has 0 heterocycles. The first kappa shape index (κ1) is 11.0. The Morgan fingerprint density at radius 3 is 1.92 bits per heavy atom. The van der Waals surface area contributed by atoms with Gasteiger partial charge in [0, 0.05) is 6.42 Å². The van der Waals surface area contributed by atoms with Crippen molar-refractivity contribution in [2.24, 2.45) is 0 Å². The molecule has 13 heavy (non-hydrogen) atoms. The molecule has 0 aromatic rings. The van der Waals surface area contributed by atoms with Crippen LogP contribution in [0.4, 0.5) is 0 Å². The van der Waals surface area contributed by atoms with Crippen molar-refractivity contribution in [2.45, 2.75) is 37.8 Å². The van der Waals surface area contributed by atoms with E-state index in [1.54, 1.807) is 0 Å². The van der Waals surface area contributed by atoms with E-state index in [0.717, 1.165) is 16.6 Å². The molecular formula is C11H25N2+. The molecule has 0 amide bonds. The van der Waals surface area contributed by atoms with Crippen molar-refractivity contribution in [1.29, 1.82) is 0 Å². The summed E-state index contributed by atoms with van der Waals surface area (Å²) in [6.07, 6.45) is 5.61. The summed E-state index contributed by atoms with van der Waals surface area (Å²) in [5.41, 5.74) is 0. The van der Waals surface area contributed by atoms with Crippen molar-refractivity contribution < 1.29 is 4.48 Å². The average Bonchev–Trinajstić information content (AvgIpc) is 2.03. The van der Waals surface area contributed by atoms with Crippen LogP contribution in [0, 0.1) is 0 Å². The minimum atomic E-state index is 0.786. The van der Waals surface area contributed by atoms with Crippen LogP contribution in [-0.2, 0) is 0 Å². The first-order valence-electron chi connectivity index (χ1n) is 5.40. The summed E-state index contributed by atoms with van der Waals surface area (Å²) in [5.74, 6) is 0. The summed E-state index contributed by atoms with van der Waals surface area (Å²) < 4.78 is 1.11. The Bertz CT molecular complexity index is 158. The molecule has 1 saturated carbocycles. The van der Waals surface area contributed by atoms with Crippen LogP contribution < -0.4 is 0 Å². The summed E-state index contributed by atoms with van der Waals surface area (Å²) in [5, 5.41) is 0. The number of hydrogen-bond donors (Lipinski definition) is 0. The zero-order chi connectivity index (χ0) is 10.1. The lowest BCUT2D eigenvalue weighted by atomic mass is 9.88. The van der Waals surface area contributed by atoms with Crippen molar-refractivity contribution in [3.05, 3.63) is 0 Å². The Hall–Kier alpha value is -0.0800. The number of hydrogen-bond acceptors (Lipinski definition) is 1. The fourth-order valence-electron chi connectivity index (χ4n) is 2.60. The highest BCUT2D eigenvalue weighted by Crippen LogP contribution is 2.27. The Morgan fingerprint density at radius 2 is 1.54 bits per heavy atom. The fraction of sp³-hybridized carbons (Fsp3) is 1.00. The molecule has 1 fully saturated rings. The fourth-order valence-corrected chi connectivity index (χ4v) is 2.60. The smallest absolute Gasteiger partial charge is 0.104 e.